The third-order valence-electron chi connectivity index (χ3n) is 4.39. The third-order valence-corrected chi connectivity index (χ3v) is 4.39. The minimum Gasteiger partial charge on any atom is -0.494 e. The number of hydrogen-bond donors (Lipinski definition) is 1. The number of aliphatic imine (C=N–C) groups is 1. The molecule has 1 fully saturated rings. The van der Waals surface area contributed by atoms with Gasteiger partial charge < -0.3 is 14.4 Å². The van der Waals surface area contributed by atoms with E-state index in [2.05, 4.69) is 10.3 Å². The van der Waals surface area contributed by atoms with Crippen LogP contribution >= 0.6 is 0 Å². The summed E-state index contributed by atoms with van der Waals surface area (Å²) < 4.78 is 10.8. The Hall–Kier alpha value is -2.57. The normalized spacial score (nSPS) is 15.0. The number of guanidine groups is 1. The minimum atomic E-state index is -0.210. The molecular formula is C19H25N3O4. The van der Waals surface area contributed by atoms with Crippen LogP contribution in [0, 0.1) is 0 Å². The van der Waals surface area contributed by atoms with Crippen molar-refractivity contribution in [3.8, 4) is 5.75 Å². The van der Waals surface area contributed by atoms with Crippen LogP contribution in [0.3, 0.4) is 0 Å². The molecule has 0 aliphatic carbocycles. The van der Waals surface area contributed by atoms with Crippen LogP contribution in [0.2, 0.25) is 0 Å². The summed E-state index contributed by atoms with van der Waals surface area (Å²) in [7, 11) is 0. The number of ether oxygens (including phenoxy) is 2. The SMILES string of the molecule is CC(=O)OCCCCCCCOc1ccc2c(c1)CN1CC(=O)NC1=N2. The molecule has 2 aliphatic rings. The number of benzene rings is 1. The molecule has 1 saturated heterocycles. The lowest BCUT2D eigenvalue weighted by molar-refractivity contribution is -0.141. The molecule has 3 rings (SSSR count). The van der Waals surface area contributed by atoms with Gasteiger partial charge in [0.05, 0.1) is 18.9 Å². The van der Waals surface area contributed by atoms with E-state index in [1.807, 2.05) is 23.1 Å². The van der Waals surface area contributed by atoms with Crippen LogP contribution in [0.4, 0.5) is 5.69 Å². The van der Waals surface area contributed by atoms with Crippen LogP contribution in [0.25, 0.3) is 0 Å². The molecule has 1 aromatic carbocycles. The molecule has 0 spiro atoms. The molecule has 1 aromatic rings. The summed E-state index contributed by atoms with van der Waals surface area (Å²) in [5.41, 5.74) is 1.96. The summed E-state index contributed by atoms with van der Waals surface area (Å²) in [4.78, 5) is 28.5. The maximum Gasteiger partial charge on any atom is 0.302 e. The Morgan fingerprint density at radius 3 is 2.73 bits per heavy atom. The first-order valence-electron chi connectivity index (χ1n) is 9.14. The fraction of sp³-hybridized carbons (Fsp3) is 0.526. The number of esters is 1. The van der Waals surface area contributed by atoms with E-state index in [-0.39, 0.29) is 11.9 Å². The molecule has 2 aliphatic heterocycles. The van der Waals surface area contributed by atoms with Crippen molar-refractivity contribution in [2.24, 2.45) is 4.99 Å². The van der Waals surface area contributed by atoms with Crippen LogP contribution in [-0.4, -0.2) is 42.5 Å². The van der Waals surface area contributed by atoms with Crippen LogP contribution in [0.1, 0.15) is 44.6 Å². The fourth-order valence-corrected chi connectivity index (χ4v) is 3.07. The Labute approximate surface area is 153 Å². The van der Waals surface area contributed by atoms with Crippen LogP contribution < -0.4 is 10.1 Å². The van der Waals surface area contributed by atoms with Gasteiger partial charge in [-0.1, -0.05) is 19.3 Å². The number of carbonyl (C=O) groups is 2. The van der Waals surface area contributed by atoms with Gasteiger partial charge in [0.15, 0.2) is 0 Å². The monoisotopic (exact) mass is 359 g/mol. The van der Waals surface area contributed by atoms with Gasteiger partial charge in [0.25, 0.3) is 0 Å². The van der Waals surface area contributed by atoms with Crippen molar-refractivity contribution in [3.63, 3.8) is 0 Å². The van der Waals surface area contributed by atoms with E-state index in [1.165, 1.54) is 6.92 Å². The first kappa shape index (κ1) is 18.2. The van der Waals surface area contributed by atoms with Crippen molar-refractivity contribution in [2.75, 3.05) is 19.8 Å². The maximum atomic E-state index is 11.5. The number of carbonyl (C=O) groups excluding carboxylic acids is 2. The highest BCUT2D eigenvalue weighted by Crippen LogP contribution is 2.30. The predicted octanol–water partition coefficient (Wildman–Crippen LogP) is 2.51. The molecular weight excluding hydrogens is 334 g/mol. The summed E-state index contributed by atoms with van der Waals surface area (Å²) in [6.07, 6.45) is 5.19. The molecule has 140 valence electrons. The Kier molecular flexibility index (Phi) is 6.09. The number of fused-ring (bicyclic) bond motifs is 2. The highest BCUT2D eigenvalue weighted by molar-refractivity contribution is 6.05. The van der Waals surface area contributed by atoms with Gasteiger partial charge in [0.2, 0.25) is 11.9 Å². The van der Waals surface area contributed by atoms with Gasteiger partial charge in [-0.2, -0.15) is 0 Å². The first-order chi connectivity index (χ1) is 12.6. The summed E-state index contributed by atoms with van der Waals surface area (Å²) >= 11 is 0. The number of unbranched alkanes of at least 4 members (excludes halogenated alkanes) is 4. The van der Waals surface area contributed by atoms with E-state index in [0.717, 1.165) is 49.1 Å². The molecule has 2 heterocycles. The lowest BCUT2D eigenvalue weighted by atomic mass is 10.1. The van der Waals surface area contributed by atoms with E-state index in [0.29, 0.717) is 32.3 Å². The van der Waals surface area contributed by atoms with Gasteiger partial charge in [-0.15, -0.1) is 0 Å². The van der Waals surface area contributed by atoms with Crippen molar-refractivity contribution in [2.45, 2.75) is 45.6 Å². The van der Waals surface area contributed by atoms with Crippen LogP contribution in [-0.2, 0) is 20.9 Å². The second-order valence-electron chi connectivity index (χ2n) is 6.59. The maximum absolute atomic E-state index is 11.5. The largest absolute Gasteiger partial charge is 0.494 e. The molecule has 0 unspecified atom stereocenters. The standard InChI is InChI=1S/C19H25N3O4/c1-14(23)25-9-5-3-2-4-6-10-26-16-7-8-17-15(11-16)12-22-13-18(24)21-19(22)20-17/h7-8,11H,2-6,9-10,12-13H2,1H3,(H,20,21,24). The molecule has 0 radical (unpaired) electrons. The van der Waals surface area contributed by atoms with E-state index < -0.39 is 0 Å². The lowest BCUT2D eigenvalue weighted by Crippen LogP contribution is -2.31. The molecule has 1 N–H and O–H groups in total. The quantitative estimate of drug-likeness (QED) is 0.541. The second-order valence-corrected chi connectivity index (χ2v) is 6.59. The number of nitrogens with zero attached hydrogens (tertiary/aromatic N) is 2. The van der Waals surface area contributed by atoms with E-state index in [4.69, 9.17) is 9.47 Å². The molecule has 7 heteroatoms. The zero-order valence-electron chi connectivity index (χ0n) is 15.1. The highest BCUT2D eigenvalue weighted by atomic mass is 16.5. The number of rotatable bonds is 9. The third kappa shape index (κ3) is 4.97. The Bertz CT molecular complexity index is 702. The van der Waals surface area contributed by atoms with Crippen molar-refractivity contribution >= 4 is 23.5 Å². The number of amides is 1. The molecule has 0 atom stereocenters. The molecule has 7 nitrogen and oxygen atoms in total. The Morgan fingerprint density at radius 2 is 1.92 bits per heavy atom. The molecule has 0 saturated carbocycles. The van der Waals surface area contributed by atoms with E-state index >= 15 is 0 Å². The number of nitrogens with one attached hydrogen (secondary N) is 1. The van der Waals surface area contributed by atoms with Crippen molar-refractivity contribution in [3.05, 3.63) is 23.8 Å². The van der Waals surface area contributed by atoms with E-state index in [9.17, 15) is 9.59 Å². The number of hydrogen-bond acceptors (Lipinski definition) is 6. The predicted molar refractivity (Wildman–Crippen MR) is 97.3 cm³/mol. The van der Waals surface area contributed by atoms with Gasteiger partial charge in [-0.25, -0.2) is 4.99 Å². The summed E-state index contributed by atoms with van der Waals surface area (Å²) in [6.45, 7) is 3.67. The van der Waals surface area contributed by atoms with Crippen molar-refractivity contribution in [1.29, 1.82) is 0 Å². The Morgan fingerprint density at radius 1 is 1.15 bits per heavy atom. The van der Waals surface area contributed by atoms with Gasteiger partial charge >= 0.3 is 5.97 Å². The molecule has 0 aromatic heterocycles. The highest BCUT2D eigenvalue weighted by Gasteiger charge is 2.29. The summed E-state index contributed by atoms with van der Waals surface area (Å²) in [6, 6.07) is 5.88. The average molecular weight is 359 g/mol. The van der Waals surface area contributed by atoms with Gasteiger partial charge in [-0.05, 0) is 31.0 Å². The topological polar surface area (TPSA) is 80.2 Å². The lowest BCUT2D eigenvalue weighted by Gasteiger charge is -2.23. The van der Waals surface area contributed by atoms with Crippen molar-refractivity contribution < 1.29 is 19.1 Å². The summed E-state index contributed by atoms with van der Waals surface area (Å²) in [5, 5.41) is 2.76. The Balaban J connectivity index is 1.35. The van der Waals surface area contributed by atoms with Gasteiger partial charge in [0, 0.05) is 19.0 Å². The fourth-order valence-electron chi connectivity index (χ4n) is 3.07. The zero-order chi connectivity index (χ0) is 18.4. The molecule has 1 amide bonds. The van der Waals surface area contributed by atoms with E-state index in [1.54, 1.807) is 0 Å². The van der Waals surface area contributed by atoms with Gasteiger partial charge in [-0.3, -0.25) is 14.9 Å². The smallest absolute Gasteiger partial charge is 0.302 e. The molecule has 26 heavy (non-hydrogen) atoms. The van der Waals surface area contributed by atoms with Crippen molar-refractivity contribution in [1.82, 2.24) is 10.2 Å². The summed E-state index contributed by atoms with van der Waals surface area (Å²) in [5.74, 6) is 1.26. The van der Waals surface area contributed by atoms with Crippen LogP contribution in [0.15, 0.2) is 23.2 Å². The minimum absolute atomic E-state index is 0.0131. The molecule has 0 bridgehead atoms. The zero-order valence-corrected chi connectivity index (χ0v) is 15.1. The van der Waals surface area contributed by atoms with Crippen LogP contribution in [0.5, 0.6) is 5.75 Å². The van der Waals surface area contributed by atoms with Gasteiger partial charge in [0.1, 0.15) is 12.3 Å². The average Bonchev–Trinajstić information content (AvgIpc) is 2.96. The second kappa shape index (κ2) is 8.69. The first-order valence-corrected chi connectivity index (χ1v) is 9.14.